The lowest BCUT2D eigenvalue weighted by atomic mass is 10.2. The summed E-state index contributed by atoms with van der Waals surface area (Å²) in [6.07, 6.45) is 2.40. The van der Waals surface area contributed by atoms with Crippen LogP contribution in [0.1, 0.15) is 38.1 Å². The number of benzene rings is 1. The Morgan fingerprint density at radius 3 is 2.95 bits per heavy atom. The SMILES string of the molecule is CC(N)CC(=O)N1CCCC1c1nc2ccccc2n1C. The van der Waals surface area contributed by atoms with Crippen molar-refractivity contribution in [2.45, 2.75) is 38.3 Å². The summed E-state index contributed by atoms with van der Waals surface area (Å²) in [5.74, 6) is 1.12. The molecule has 1 aliphatic rings. The molecule has 5 nitrogen and oxygen atoms in total. The Labute approximate surface area is 124 Å². The Balaban J connectivity index is 1.93. The number of nitrogens with two attached hydrogens (primary N) is 1. The molecule has 2 heterocycles. The molecule has 1 amide bonds. The Morgan fingerprint density at radius 2 is 2.24 bits per heavy atom. The molecule has 112 valence electrons. The van der Waals surface area contributed by atoms with Crippen molar-refractivity contribution in [3.63, 3.8) is 0 Å². The number of fused-ring (bicyclic) bond motifs is 1. The monoisotopic (exact) mass is 286 g/mol. The van der Waals surface area contributed by atoms with Crippen LogP contribution in [0.25, 0.3) is 11.0 Å². The van der Waals surface area contributed by atoms with E-state index in [1.165, 1.54) is 0 Å². The molecule has 0 bridgehead atoms. The average molecular weight is 286 g/mol. The third-order valence-corrected chi connectivity index (χ3v) is 4.19. The zero-order valence-electron chi connectivity index (χ0n) is 12.6. The standard InChI is InChI=1S/C16H22N4O/c1-11(17)10-15(21)20-9-5-8-14(20)16-18-12-6-3-4-7-13(12)19(16)2/h3-4,6-7,11,14H,5,8-10,17H2,1-2H3. The van der Waals surface area contributed by atoms with Gasteiger partial charge in [0, 0.05) is 26.1 Å². The number of rotatable bonds is 3. The van der Waals surface area contributed by atoms with Gasteiger partial charge in [0.05, 0.1) is 17.1 Å². The van der Waals surface area contributed by atoms with E-state index in [1.807, 2.05) is 37.1 Å². The molecule has 0 radical (unpaired) electrons. The van der Waals surface area contributed by atoms with E-state index in [9.17, 15) is 4.79 Å². The highest BCUT2D eigenvalue weighted by Gasteiger charge is 2.33. The molecule has 1 saturated heterocycles. The number of hydrogen-bond acceptors (Lipinski definition) is 3. The second-order valence-corrected chi connectivity index (χ2v) is 5.94. The van der Waals surface area contributed by atoms with E-state index in [-0.39, 0.29) is 18.0 Å². The van der Waals surface area contributed by atoms with Crippen molar-refractivity contribution in [3.8, 4) is 0 Å². The third kappa shape index (κ3) is 2.53. The maximum absolute atomic E-state index is 12.4. The van der Waals surface area contributed by atoms with Crippen molar-refractivity contribution in [1.82, 2.24) is 14.5 Å². The van der Waals surface area contributed by atoms with Crippen molar-refractivity contribution >= 4 is 16.9 Å². The predicted octanol–water partition coefficient (Wildman–Crippen LogP) is 1.97. The van der Waals surface area contributed by atoms with Crippen LogP contribution in [0.2, 0.25) is 0 Å². The van der Waals surface area contributed by atoms with E-state index in [0.717, 1.165) is 36.2 Å². The van der Waals surface area contributed by atoms with Gasteiger partial charge in [-0.25, -0.2) is 4.98 Å². The van der Waals surface area contributed by atoms with Gasteiger partial charge in [0.25, 0.3) is 0 Å². The molecule has 2 aromatic rings. The molecule has 1 aromatic heterocycles. The Bertz CT molecular complexity index is 661. The van der Waals surface area contributed by atoms with Gasteiger partial charge in [-0.2, -0.15) is 0 Å². The summed E-state index contributed by atoms with van der Waals surface area (Å²) >= 11 is 0. The largest absolute Gasteiger partial charge is 0.332 e. The van der Waals surface area contributed by atoms with Crippen molar-refractivity contribution in [3.05, 3.63) is 30.1 Å². The lowest BCUT2D eigenvalue weighted by Crippen LogP contribution is -2.35. The van der Waals surface area contributed by atoms with Crippen LogP contribution in [0.4, 0.5) is 0 Å². The van der Waals surface area contributed by atoms with E-state index in [0.29, 0.717) is 6.42 Å². The lowest BCUT2D eigenvalue weighted by molar-refractivity contribution is -0.132. The molecule has 3 rings (SSSR count). The topological polar surface area (TPSA) is 64.2 Å². The zero-order chi connectivity index (χ0) is 15.0. The number of nitrogens with zero attached hydrogens (tertiary/aromatic N) is 3. The third-order valence-electron chi connectivity index (χ3n) is 4.19. The predicted molar refractivity (Wildman–Crippen MR) is 82.7 cm³/mol. The molecular formula is C16H22N4O. The van der Waals surface area contributed by atoms with Crippen LogP contribution in [0.3, 0.4) is 0 Å². The van der Waals surface area contributed by atoms with Crippen molar-refractivity contribution in [2.24, 2.45) is 12.8 Å². The summed E-state index contributed by atoms with van der Waals surface area (Å²) in [7, 11) is 2.02. The van der Waals surface area contributed by atoms with Gasteiger partial charge in [0.15, 0.2) is 0 Å². The maximum Gasteiger partial charge on any atom is 0.224 e. The summed E-state index contributed by atoms with van der Waals surface area (Å²) in [5.41, 5.74) is 7.87. The first kappa shape index (κ1) is 14.1. The summed E-state index contributed by atoms with van der Waals surface area (Å²) in [6, 6.07) is 8.07. The second kappa shape index (κ2) is 5.48. The van der Waals surface area contributed by atoms with Crippen LogP contribution in [0, 0.1) is 0 Å². The number of carbonyl (C=O) groups is 1. The molecular weight excluding hydrogens is 264 g/mol. The van der Waals surface area contributed by atoms with Crippen LogP contribution in [-0.4, -0.2) is 32.9 Å². The number of aromatic nitrogens is 2. The van der Waals surface area contributed by atoms with Gasteiger partial charge in [-0.3, -0.25) is 4.79 Å². The Kier molecular flexibility index (Phi) is 3.68. The van der Waals surface area contributed by atoms with Gasteiger partial charge in [-0.1, -0.05) is 12.1 Å². The van der Waals surface area contributed by atoms with Gasteiger partial charge in [0.1, 0.15) is 5.82 Å². The summed E-state index contributed by atoms with van der Waals surface area (Å²) in [4.78, 5) is 19.1. The lowest BCUT2D eigenvalue weighted by Gasteiger charge is -2.25. The first-order valence-electron chi connectivity index (χ1n) is 7.54. The Morgan fingerprint density at radius 1 is 1.48 bits per heavy atom. The van der Waals surface area contributed by atoms with E-state index < -0.39 is 0 Å². The van der Waals surface area contributed by atoms with Gasteiger partial charge < -0.3 is 15.2 Å². The average Bonchev–Trinajstić information content (AvgIpc) is 3.03. The Hall–Kier alpha value is -1.88. The van der Waals surface area contributed by atoms with Crippen molar-refractivity contribution in [1.29, 1.82) is 0 Å². The number of aryl methyl sites for hydroxylation is 1. The van der Waals surface area contributed by atoms with E-state index in [4.69, 9.17) is 10.7 Å². The number of hydrogen-bond donors (Lipinski definition) is 1. The number of amides is 1. The fourth-order valence-electron chi connectivity index (χ4n) is 3.19. The summed E-state index contributed by atoms with van der Waals surface area (Å²) in [6.45, 7) is 2.68. The molecule has 0 saturated carbocycles. The smallest absolute Gasteiger partial charge is 0.224 e. The zero-order valence-corrected chi connectivity index (χ0v) is 12.6. The van der Waals surface area contributed by atoms with Crippen molar-refractivity contribution in [2.75, 3.05) is 6.54 Å². The molecule has 0 spiro atoms. The molecule has 2 unspecified atom stereocenters. The minimum absolute atomic E-state index is 0.0775. The minimum atomic E-state index is -0.0980. The molecule has 0 aliphatic carbocycles. The first-order chi connectivity index (χ1) is 10.1. The summed E-state index contributed by atoms with van der Waals surface area (Å²) in [5, 5.41) is 0. The highest BCUT2D eigenvalue weighted by atomic mass is 16.2. The van der Waals surface area contributed by atoms with Crippen LogP contribution >= 0.6 is 0 Å². The van der Waals surface area contributed by atoms with Crippen LogP contribution in [-0.2, 0) is 11.8 Å². The highest BCUT2D eigenvalue weighted by molar-refractivity contribution is 5.78. The van der Waals surface area contributed by atoms with Crippen LogP contribution in [0.5, 0.6) is 0 Å². The normalized spacial score (nSPS) is 20.1. The van der Waals surface area contributed by atoms with E-state index in [2.05, 4.69) is 10.6 Å². The van der Waals surface area contributed by atoms with Gasteiger partial charge in [-0.15, -0.1) is 0 Å². The fourth-order valence-corrected chi connectivity index (χ4v) is 3.19. The molecule has 2 atom stereocenters. The summed E-state index contributed by atoms with van der Waals surface area (Å²) < 4.78 is 2.11. The maximum atomic E-state index is 12.4. The molecule has 1 aliphatic heterocycles. The molecule has 1 fully saturated rings. The van der Waals surface area contributed by atoms with Gasteiger partial charge in [0.2, 0.25) is 5.91 Å². The van der Waals surface area contributed by atoms with Crippen LogP contribution in [0.15, 0.2) is 24.3 Å². The number of para-hydroxylation sites is 2. The van der Waals surface area contributed by atoms with Crippen LogP contribution < -0.4 is 5.73 Å². The van der Waals surface area contributed by atoms with Gasteiger partial charge >= 0.3 is 0 Å². The fraction of sp³-hybridized carbons (Fsp3) is 0.500. The highest BCUT2D eigenvalue weighted by Crippen LogP contribution is 2.33. The minimum Gasteiger partial charge on any atom is -0.332 e. The van der Waals surface area contributed by atoms with Crippen molar-refractivity contribution < 1.29 is 4.79 Å². The molecule has 21 heavy (non-hydrogen) atoms. The van der Waals surface area contributed by atoms with E-state index in [1.54, 1.807) is 0 Å². The molecule has 5 heteroatoms. The molecule has 2 N–H and O–H groups in total. The second-order valence-electron chi connectivity index (χ2n) is 5.94. The molecule has 1 aromatic carbocycles. The number of likely N-dealkylation sites (tertiary alicyclic amines) is 1. The quantitative estimate of drug-likeness (QED) is 0.938. The number of imidazole rings is 1. The number of carbonyl (C=O) groups excluding carboxylic acids is 1. The van der Waals surface area contributed by atoms with Gasteiger partial charge in [-0.05, 0) is 31.9 Å². The van der Waals surface area contributed by atoms with E-state index >= 15 is 0 Å². The first-order valence-corrected chi connectivity index (χ1v) is 7.54.